The lowest BCUT2D eigenvalue weighted by Gasteiger charge is -2.04. The molecule has 0 amide bonds. The Kier molecular flexibility index (Phi) is 3.50. The molecule has 1 atom stereocenters. The van der Waals surface area contributed by atoms with Crippen molar-refractivity contribution in [2.45, 2.75) is 39.5 Å². The van der Waals surface area contributed by atoms with E-state index in [2.05, 4.69) is 20.1 Å². The summed E-state index contributed by atoms with van der Waals surface area (Å²) in [5.41, 5.74) is 1.64. The molecule has 0 unspecified atom stereocenters. The van der Waals surface area contributed by atoms with E-state index in [1.807, 2.05) is 11.8 Å². The summed E-state index contributed by atoms with van der Waals surface area (Å²) < 4.78 is 0. The molecule has 64 valence electrons. The molecule has 0 N–H and O–H groups in total. The van der Waals surface area contributed by atoms with E-state index in [9.17, 15) is 0 Å². The number of hydrogen-bond acceptors (Lipinski definition) is 1. The molecule has 0 spiro atoms. The van der Waals surface area contributed by atoms with Gasteiger partial charge in [-0.3, -0.25) is 0 Å². The van der Waals surface area contributed by atoms with Crippen LogP contribution in [0.5, 0.6) is 0 Å². The summed E-state index contributed by atoms with van der Waals surface area (Å²) in [7, 11) is 0. The van der Waals surface area contributed by atoms with Gasteiger partial charge in [-0.25, -0.2) is 0 Å². The minimum Gasteiger partial charge on any atom is -0.134 e. The lowest BCUT2D eigenvalue weighted by molar-refractivity contribution is 0.509. The highest BCUT2D eigenvalue weighted by molar-refractivity contribution is 8.02. The van der Waals surface area contributed by atoms with Gasteiger partial charge in [0.25, 0.3) is 0 Å². The average Bonchev–Trinajstić information content (AvgIpc) is 2.15. The largest absolute Gasteiger partial charge is 0.134 e. The fraction of sp³-hybridized carbons (Fsp3) is 0.800. The average molecular weight is 170 g/mol. The van der Waals surface area contributed by atoms with Crippen molar-refractivity contribution in [1.29, 1.82) is 0 Å². The van der Waals surface area contributed by atoms with E-state index in [0.29, 0.717) is 0 Å². The van der Waals surface area contributed by atoms with Crippen LogP contribution in [0.3, 0.4) is 0 Å². The number of allylic oxidation sites excluding steroid dienone is 2. The molecule has 1 aliphatic carbocycles. The summed E-state index contributed by atoms with van der Waals surface area (Å²) in [4.78, 5) is 1.65. The molecule has 0 bridgehead atoms. The first-order valence-electron chi connectivity index (χ1n) is 4.46. The standard InChI is InChI=1S/C10H18S/c1-8-4-6-9(2)10(11-3)7-5-8/h8H,4-7H2,1-3H3/t8-/m0/s1. The van der Waals surface area contributed by atoms with Crippen molar-refractivity contribution >= 4 is 11.8 Å². The molecule has 0 aliphatic heterocycles. The molecule has 0 aromatic heterocycles. The van der Waals surface area contributed by atoms with Crippen molar-refractivity contribution < 1.29 is 0 Å². The van der Waals surface area contributed by atoms with Crippen LogP contribution in [0, 0.1) is 5.92 Å². The van der Waals surface area contributed by atoms with E-state index < -0.39 is 0 Å². The first kappa shape index (κ1) is 9.18. The predicted octanol–water partition coefficient (Wildman–Crippen LogP) is 3.83. The fourth-order valence-electron chi connectivity index (χ4n) is 1.61. The second kappa shape index (κ2) is 4.20. The van der Waals surface area contributed by atoms with Crippen LogP contribution in [0.25, 0.3) is 0 Å². The summed E-state index contributed by atoms with van der Waals surface area (Å²) in [5, 5.41) is 0. The van der Waals surface area contributed by atoms with Gasteiger partial charge < -0.3 is 0 Å². The van der Waals surface area contributed by atoms with Crippen LogP contribution >= 0.6 is 11.8 Å². The Bertz CT molecular complexity index is 158. The summed E-state index contributed by atoms with van der Waals surface area (Å²) in [5.74, 6) is 0.939. The molecule has 0 heterocycles. The third-order valence-corrected chi connectivity index (χ3v) is 3.64. The molecule has 0 aromatic rings. The lowest BCUT2D eigenvalue weighted by Crippen LogP contribution is -1.90. The van der Waals surface area contributed by atoms with Crippen molar-refractivity contribution in [3.05, 3.63) is 10.5 Å². The molecule has 11 heavy (non-hydrogen) atoms. The number of thioether (sulfide) groups is 1. The Morgan fingerprint density at radius 2 is 1.91 bits per heavy atom. The zero-order valence-corrected chi connectivity index (χ0v) is 8.63. The molecule has 0 saturated carbocycles. The van der Waals surface area contributed by atoms with Gasteiger partial charge in [-0.1, -0.05) is 12.5 Å². The highest BCUT2D eigenvalue weighted by Crippen LogP contribution is 2.32. The quantitative estimate of drug-likeness (QED) is 0.576. The molecule has 0 aromatic carbocycles. The molecule has 0 saturated heterocycles. The van der Waals surface area contributed by atoms with Crippen LogP contribution in [0.4, 0.5) is 0 Å². The van der Waals surface area contributed by atoms with Crippen LogP contribution < -0.4 is 0 Å². The van der Waals surface area contributed by atoms with Crippen LogP contribution in [0.1, 0.15) is 39.5 Å². The molecule has 0 fully saturated rings. The van der Waals surface area contributed by atoms with Gasteiger partial charge in [0.2, 0.25) is 0 Å². The summed E-state index contributed by atoms with van der Waals surface area (Å²) in [6.45, 7) is 4.67. The van der Waals surface area contributed by atoms with Gasteiger partial charge in [-0.15, -0.1) is 11.8 Å². The maximum absolute atomic E-state index is 2.37. The first-order chi connectivity index (χ1) is 5.24. The van der Waals surface area contributed by atoms with E-state index >= 15 is 0 Å². The highest BCUT2D eigenvalue weighted by Gasteiger charge is 2.11. The second-order valence-corrected chi connectivity index (χ2v) is 4.49. The number of rotatable bonds is 1. The third kappa shape index (κ3) is 2.55. The van der Waals surface area contributed by atoms with E-state index in [1.54, 1.807) is 10.5 Å². The van der Waals surface area contributed by atoms with Gasteiger partial charge in [0.15, 0.2) is 0 Å². The number of hydrogen-bond donors (Lipinski definition) is 0. The molecular weight excluding hydrogens is 152 g/mol. The normalized spacial score (nSPS) is 27.0. The second-order valence-electron chi connectivity index (χ2n) is 3.59. The summed E-state index contributed by atoms with van der Waals surface area (Å²) in [6, 6.07) is 0. The fourth-order valence-corrected chi connectivity index (χ4v) is 2.39. The van der Waals surface area contributed by atoms with E-state index in [4.69, 9.17) is 0 Å². The topological polar surface area (TPSA) is 0 Å². The lowest BCUT2D eigenvalue weighted by atomic mass is 10.0. The van der Waals surface area contributed by atoms with Gasteiger partial charge in [0, 0.05) is 0 Å². The Balaban J connectivity index is 2.59. The van der Waals surface area contributed by atoms with E-state index in [-0.39, 0.29) is 0 Å². The van der Waals surface area contributed by atoms with Crippen LogP contribution in [-0.2, 0) is 0 Å². The minimum atomic E-state index is 0.939. The maximum atomic E-state index is 2.37. The van der Waals surface area contributed by atoms with Gasteiger partial charge in [0.1, 0.15) is 0 Å². The van der Waals surface area contributed by atoms with E-state index in [1.165, 1.54) is 25.7 Å². The summed E-state index contributed by atoms with van der Waals surface area (Å²) in [6.07, 6.45) is 7.66. The Labute approximate surface area is 74.5 Å². The molecule has 1 heteroatoms. The van der Waals surface area contributed by atoms with Crippen molar-refractivity contribution in [3.8, 4) is 0 Å². The van der Waals surface area contributed by atoms with Gasteiger partial charge in [0.05, 0.1) is 0 Å². The van der Waals surface area contributed by atoms with Crippen LogP contribution in [0.15, 0.2) is 10.5 Å². The monoisotopic (exact) mass is 170 g/mol. The van der Waals surface area contributed by atoms with Crippen molar-refractivity contribution in [1.82, 2.24) is 0 Å². The Morgan fingerprint density at radius 1 is 1.27 bits per heavy atom. The Hall–Kier alpha value is 0.0900. The third-order valence-electron chi connectivity index (χ3n) is 2.60. The molecule has 0 radical (unpaired) electrons. The Morgan fingerprint density at radius 3 is 2.55 bits per heavy atom. The van der Waals surface area contributed by atoms with Gasteiger partial charge in [-0.2, -0.15) is 0 Å². The summed E-state index contributed by atoms with van der Waals surface area (Å²) >= 11 is 1.95. The highest BCUT2D eigenvalue weighted by atomic mass is 32.2. The van der Waals surface area contributed by atoms with Gasteiger partial charge in [-0.05, 0) is 49.7 Å². The van der Waals surface area contributed by atoms with Gasteiger partial charge >= 0.3 is 0 Å². The zero-order chi connectivity index (χ0) is 8.27. The molecular formula is C10H18S. The van der Waals surface area contributed by atoms with Crippen molar-refractivity contribution in [2.24, 2.45) is 5.92 Å². The van der Waals surface area contributed by atoms with Crippen LogP contribution in [0.2, 0.25) is 0 Å². The SMILES string of the molecule is CSC1=C(C)CC[C@H](C)CC1. The maximum Gasteiger partial charge on any atom is -0.0140 e. The van der Waals surface area contributed by atoms with E-state index in [0.717, 1.165) is 5.92 Å². The van der Waals surface area contributed by atoms with Crippen LogP contribution in [-0.4, -0.2) is 6.26 Å². The smallest absolute Gasteiger partial charge is 0.0140 e. The minimum absolute atomic E-state index is 0.939. The molecule has 1 rings (SSSR count). The van der Waals surface area contributed by atoms with Crippen molar-refractivity contribution in [3.63, 3.8) is 0 Å². The first-order valence-corrected chi connectivity index (χ1v) is 5.69. The molecule has 1 aliphatic rings. The predicted molar refractivity (Wildman–Crippen MR) is 53.8 cm³/mol. The van der Waals surface area contributed by atoms with Crippen molar-refractivity contribution in [2.75, 3.05) is 6.26 Å². The zero-order valence-electron chi connectivity index (χ0n) is 7.81. The molecule has 0 nitrogen and oxygen atoms in total.